The monoisotopic (exact) mass is 332 g/mol. The predicted molar refractivity (Wildman–Crippen MR) is 87.0 cm³/mol. The Labute approximate surface area is 138 Å². The molecule has 0 amide bonds. The molecule has 2 aromatic rings. The van der Waals surface area contributed by atoms with Crippen molar-refractivity contribution in [2.24, 2.45) is 5.16 Å². The van der Waals surface area contributed by atoms with E-state index in [-0.39, 0.29) is 11.7 Å². The van der Waals surface area contributed by atoms with Gasteiger partial charge in [-0.25, -0.2) is 9.97 Å². The molecule has 0 fully saturated rings. The van der Waals surface area contributed by atoms with Crippen LogP contribution in [0.4, 0.5) is 0 Å². The van der Waals surface area contributed by atoms with Crippen molar-refractivity contribution >= 4 is 23.9 Å². The van der Waals surface area contributed by atoms with Crippen LogP contribution < -0.4 is 0 Å². The zero-order chi connectivity index (χ0) is 16.5. The van der Waals surface area contributed by atoms with E-state index >= 15 is 0 Å². The van der Waals surface area contributed by atoms with Crippen LogP contribution in [-0.4, -0.2) is 46.1 Å². The average molecular weight is 332 g/mol. The molecule has 2 heterocycles. The van der Waals surface area contributed by atoms with Gasteiger partial charge in [0.15, 0.2) is 5.16 Å². The normalized spacial score (nSPS) is 12.1. The highest BCUT2D eigenvalue weighted by molar-refractivity contribution is 7.99. The molecule has 0 aliphatic carbocycles. The second kappa shape index (κ2) is 8.84. The molecular formula is C15H16N4O3S. The standard InChI is InChI=1S/C15H16N4O3S/c1-11(9-18-21-2)22-14(20)10-23-15-17-8-6-13(19-15)12-5-3-4-7-16-12/h3-9,11H,10H2,1-2H3. The van der Waals surface area contributed by atoms with Crippen LogP contribution in [0.1, 0.15) is 6.92 Å². The van der Waals surface area contributed by atoms with Crippen molar-refractivity contribution in [3.8, 4) is 11.4 Å². The van der Waals surface area contributed by atoms with Gasteiger partial charge in [0.1, 0.15) is 13.2 Å². The van der Waals surface area contributed by atoms with Gasteiger partial charge < -0.3 is 9.57 Å². The number of ether oxygens (including phenoxy) is 1. The number of nitrogens with zero attached hydrogens (tertiary/aromatic N) is 4. The molecule has 23 heavy (non-hydrogen) atoms. The van der Waals surface area contributed by atoms with Crippen molar-refractivity contribution in [1.29, 1.82) is 0 Å². The third kappa shape index (κ3) is 5.67. The first-order valence-corrected chi connectivity index (χ1v) is 7.81. The predicted octanol–water partition coefficient (Wildman–Crippen LogP) is 2.19. The van der Waals surface area contributed by atoms with E-state index in [2.05, 4.69) is 24.9 Å². The summed E-state index contributed by atoms with van der Waals surface area (Å²) in [5.41, 5.74) is 1.46. The fraction of sp³-hybridized carbons (Fsp3) is 0.267. The lowest BCUT2D eigenvalue weighted by molar-refractivity contribution is -0.141. The first kappa shape index (κ1) is 16.9. The minimum Gasteiger partial charge on any atom is -0.456 e. The second-order valence-electron chi connectivity index (χ2n) is 4.36. The third-order valence-electron chi connectivity index (χ3n) is 2.57. The number of esters is 1. The highest BCUT2D eigenvalue weighted by atomic mass is 32.2. The molecule has 1 unspecified atom stereocenters. The molecule has 0 saturated carbocycles. The minimum absolute atomic E-state index is 0.108. The minimum atomic E-state index is -0.455. The molecule has 0 bridgehead atoms. The summed E-state index contributed by atoms with van der Waals surface area (Å²) in [4.78, 5) is 29.0. The van der Waals surface area contributed by atoms with Gasteiger partial charge in [0.25, 0.3) is 0 Å². The van der Waals surface area contributed by atoms with E-state index in [1.807, 2.05) is 18.2 Å². The Morgan fingerprint density at radius 3 is 2.91 bits per heavy atom. The summed E-state index contributed by atoms with van der Waals surface area (Å²) in [6.07, 6.45) is 4.29. The van der Waals surface area contributed by atoms with Crippen LogP contribution in [0.15, 0.2) is 47.0 Å². The van der Waals surface area contributed by atoms with E-state index in [1.54, 1.807) is 25.4 Å². The van der Waals surface area contributed by atoms with E-state index in [0.717, 1.165) is 5.69 Å². The lowest BCUT2D eigenvalue weighted by Gasteiger charge is -2.07. The van der Waals surface area contributed by atoms with Crippen LogP contribution in [0.3, 0.4) is 0 Å². The zero-order valence-corrected chi connectivity index (χ0v) is 13.6. The van der Waals surface area contributed by atoms with Crippen LogP contribution in [0.25, 0.3) is 11.4 Å². The van der Waals surface area contributed by atoms with Crippen LogP contribution >= 0.6 is 11.8 Å². The van der Waals surface area contributed by atoms with Gasteiger partial charge in [0.05, 0.1) is 23.4 Å². The molecule has 2 aromatic heterocycles. The van der Waals surface area contributed by atoms with Crippen LogP contribution in [0, 0.1) is 0 Å². The fourth-order valence-corrected chi connectivity index (χ4v) is 2.22. The van der Waals surface area contributed by atoms with Crippen molar-refractivity contribution in [3.05, 3.63) is 36.7 Å². The van der Waals surface area contributed by atoms with Gasteiger partial charge >= 0.3 is 5.97 Å². The molecule has 1 atom stereocenters. The van der Waals surface area contributed by atoms with Gasteiger partial charge in [-0.3, -0.25) is 9.78 Å². The molecule has 0 saturated heterocycles. The van der Waals surface area contributed by atoms with Crippen LogP contribution in [0.5, 0.6) is 0 Å². The smallest absolute Gasteiger partial charge is 0.317 e. The summed E-state index contributed by atoms with van der Waals surface area (Å²) in [6.45, 7) is 1.70. The van der Waals surface area contributed by atoms with Crippen molar-refractivity contribution in [2.75, 3.05) is 12.9 Å². The Kier molecular flexibility index (Phi) is 6.49. The number of thioether (sulfide) groups is 1. The van der Waals surface area contributed by atoms with E-state index in [9.17, 15) is 4.79 Å². The quantitative estimate of drug-likeness (QED) is 0.252. The van der Waals surface area contributed by atoms with Gasteiger partial charge in [-0.2, -0.15) is 0 Å². The fourth-order valence-electron chi connectivity index (χ4n) is 1.61. The Hall–Kier alpha value is -2.48. The molecule has 0 aromatic carbocycles. The van der Waals surface area contributed by atoms with E-state index in [1.165, 1.54) is 25.1 Å². The number of oxime groups is 1. The molecule has 0 N–H and O–H groups in total. The summed E-state index contributed by atoms with van der Waals surface area (Å²) < 4.78 is 5.13. The summed E-state index contributed by atoms with van der Waals surface area (Å²) in [5, 5.41) is 4.04. The van der Waals surface area contributed by atoms with Crippen molar-refractivity contribution in [3.63, 3.8) is 0 Å². The molecule has 0 spiro atoms. The average Bonchev–Trinajstić information content (AvgIpc) is 2.59. The summed E-state index contributed by atoms with van der Waals surface area (Å²) in [6, 6.07) is 7.36. The van der Waals surface area contributed by atoms with Gasteiger partial charge in [0, 0.05) is 12.4 Å². The number of carbonyl (C=O) groups is 1. The molecule has 0 aliphatic rings. The summed E-state index contributed by atoms with van der Waals surface area (Å²) in [7, 11) is 1.42. The lowest BCUT2D eigenvalue weighted by atomic mass is 10.3. The molecule has 8 heteroatoms. The zero-order valence-electron chi connectivity index (χ0n) is 12.7. The maximum atomic E-state index is 11.7. The van der Waals surface area contributed by atoms with Gasteiger partial charge in [-0.1, -0.05) is 23.0 Å². The van der Waals surface area contributed by atoms with Crippen molar-refractivity contribution in [1.82, 2.24) is 15.0 Å². The van der Waals surface area contributed by atoms with Crippen LogP contribution in [0.2, 0.25) is 0 Å². The van der Waals surface area contributed by atoms with Gasteiger partial charge in [-0.05, 0) is 25.1 Å². The van der Waals surface area contributed by atoms with Gasteiger partial charge in [-0.15, -0.1) is 0 Å². The summed E-state index contributed by atoms with van der Waals surface area (Å²) >= 11 is 1.20. The number of aromatic nitrogens is 3. The Bertz CT molecular complexity index is 667. The Morgan fingerprint density at radius 2 is 2.17 bits per heavy atom. The number of carbonyl (C=O) groups excluding carboxylic acids is 1. The Morgan fingerprint density at radius 1 is 1.30 bits per heavy atom. The second-order valence-corrected chi connectivity index (χ2v) is 5.30. The topological polar surface area (TPSA) is 86.6 Å². The molecular weight excluding hydrogens is 316 g/mol. The SMILES string of the molecule is CON=CC(C)OC(=O)CSc1nccc(-c2ccccn2)n1. The lowest BCUT2D eigenvalue weighted by Crippen LogP contribution is -2.17. The number of hydrogen-bond donors (Lipinski definition) is 0. The first-order chi connectivity index (χ1) is 11.2. The Balaban J connectivity index is 1.91. The van der Waals surface area contributed by atoms with Crippen LogP contribution in [-0.2, 0) is 14.4 Å². The molecule has 0 aliphatic heterocycles. The number of rotatable bonds is 7. The highest BCUT2D eigenvalue weighted by Gasteiger charge is 2.10. The van der Waals surface area contributed by atoms with Crippen molar-refractivity contribution in [2.45, 2.75) is 18.2 Å². The number of pyridine rings is 1. The third-order valence-corrected chi connectivity index (χ3v) is 3.41. The summed E-state index contributed by atoms with van der Waals surface area (Å²) in [5.74, 6) is -0.270. The molecule has 0 radical (unpaired) electrons. The van der Waals surface area contributed by atoms with E-state index in [0.29, 0.717) is 10.9 Å². The maximum Gasteiger partial charge on any atom is 0.317 e. The van der Waals surface area contributed by atoms with Gasteiger partial charge in [0.2, 0.25) is 0 Å². The van der Waals surface area contributed by atoms with E-state index < -0.39 is 6.10 Å². The molecule has 120 valence electrons. The number of hydrogen-bond acceptors (Lipinski definition) is 8. The maximum absolute atomic E-state index is 11.7. The van der Waals surface area contributed by atoms with E-state index in [4.69, 9.17) is 4.74 Å². The van der Waals surface area contributed by atoms with Crippen molar-refractivity contribution < 1.29 is 14.4 Å². The molecule has 2 rings (SSSR count). The highest BCUT2D eigenvalue weighted by Crippen LogP contribution is 2.18. The first-order valence-electron chi connectivity index (χ1n) is 6.82. The largest absolute Gasteiger partial charge is 0.456 e. The molecule has 7 nitrogen and oxygen atoms in total.